The van der Waals surface area contributed by atoms with Crippen LogP contribution in [0.2, 0.25) is 0 Å². The van der Waals surface area contributed by atoms with E-state index in [2.05, 4.69) is 20.3 Å². The number of aromatic amines is 1. The van der Waals surface area contributed by atoms with Crippen LogP contribution in [0.5, 0.6) is 0 Å². The molecule has 4 aromatic heterocycles. The third-order valence-corrected chi connectivity index (χ3v) is 8.53. The van der Waals surface area contributed by atoms with Crippen molar-refractivity contribution in [1.82, 2.24) is 34.7 Å². The molecule has 1 amide bonds. The molecule has 2 bridgehead atoms. The number of halogens is 2. The lowest BCUT2D eigenvalue weighted by atomic mass is 9.85. The molecule has 43 heavy (non-hydrogen) atoms. The van der Waals surface area contributed by atoms with Gasteiger partial charge in [-0.15, -0.1) is 0 Å². The number of H-pyrrole nitrogens is 1. The Kier molecular flexibility index (Phi) is 6.18. The summed E-state index contributed by atoms with van der Waals surface area (Å²) >= 11 is 0. The number of fused-ring (bicyclic) bond motifs is 3. The normalized spacial score (nSPS) is 19.7. The highest BCUT2D eigenvalue weighted by molar-refractivity contribution is 6.00. The van der Waals surface area contributed by atoms with Gasteiger partial charge in [-0.25, -0.2) is 13.8 Å². The largest absolute Gasteiger partial charge is 0.383 e. The van der Waals surface area contributed by atoms with Crippen molar-refractivity contribution in [3.05, 3.63) is 77.4 Å². The highest BCUT2D eigenvalue weighted by Gasteiger charge is 2.45. The number of carbonyl (C=O) groups is 2. The molecule has 6 heterocycles. The van der Waals surface area contributed by atoms with Crippen LogP contribution >= 0.6 is 0 Å². The second-order valence-electron chi connectivity index (χ2n) is 11.1. The van der Waals surface area contributed by atoms with Crippen molar-refractivity contribution >= 4 is 29.0 Å². The maximum Gasteiger partial charge on any atom is 0.272 e. The molecule has 11 nitrogen and oxygen atoms in total. The van der Waals surface area contributed by atoms with Gasteiger partial charge in [-0.05, 0) is 50.8 Å². The summed E-state index contributed by atoms with van der Waals surface area (Å²) in [6.45, 7) is 1.46. The smallest absolute Gasteiger partial charge is 0.272 e. The van der Waals surface area contributed by atoms with Crippen LogP contribution in [0.3, 0.4) is 0 Å². The van der Waals surface area contributed by atoms with Gasteiger partial charge in [0.05, 0.1) is 23.1 Å². The number of amides is 1. The molecule has 2 aliphatic heterocycles. The Morgan fingerprint density at radius 2 is 1.77 bits per heavy atom. The fourth-order valence-corrected chi connectivity index (χ4v) is 6.62. The number of hydrogen-bond donors (Lipinski definition) is 3. The Morgan fingerprint density at radius 3 is 2.40 bits per heavy atom. The first-order chi connectivity index (χ1) is 20.7. The van der Waals surface area contributed by atoms with E-state index in [1.165, 1.54) is 29.6 Å². The van der Waals surface area contributed by atoms with Gasteiger partial charge < -0.3 is 16.4 Å². The third kappa shape index (κ3) is 4.39. The summed E-state index contributed by atoms with van der Waals surface area (Å²) in [6, 6.07) is 8.20. The summed E-state index contributed by atoms with van der Waals surface area (Å²) in [7, 11) is 0. The van der Waals surface area contributed by atoms with Gasteiger partial charge in [0, 0.05) is 53.0 Å². The highest BCUT2D eigenvalue weighted by atomic mass is 19.1. The van der Waals surface area contributed by atoms with Gasteiger partial charge in [0.2, 0.25) is 0 Å². The summed E-state index contributed by atoms with van der Waals surface area (Å²) < 4.78 is 29.1. The Morgan fingerprint density at radius 1 is 1.00 bits per heavy atom. The van der Waals surface area contributed by atoms with Crippen molar-refractivity contribution in [1.29, 1.82) is 0 Å². The summed E-state index contributed by atoms with van der Waals surface area (Å²) in [5, 5.41) is 11.0. The van der Waals surface area contributed by atoms with Crippen LogP contribution in [0.1, 0.15) is 65.1 Å². The van der Waals surface area contributed by atoms with Gasteiger partial charge >= 0.3 is 0 Å². The Balaban J connectivity index is 1.24. The molecule has 13 heteroatoms. The number of anilines is 2. The number of nitrogen functional groups attached to an aromatic ring is 2. The van der Waals surface area contributed by atoms with Gasteiger partial charge in [0.1, 0.15) is 29.0 Å². The second-order valence-corrected chi connectivity index (χ2v) is 11.1. The minimum Gasteiger partial charge on any atom is -0.383 e. The lowest BCUT2D eigenvalue weighted by Gasteiger charge is -2.39. The molecule has 2 fully saturated rings. The predicted molar refractivity (Wildman–Crippen MR) is 154 cm³/mol. The molecule has 2 aliphatic rings. The third-order valence-electron chi connectivity index (χ3n) is 8.53. The number of piperidine rings is 1. The van der Waals surface area contributed by atoms with E-state index in [1.54, 1.807) is 24.5 Å². The number of hydrogen-bond acceptors (Lipinski definition) is 8. The molecule has 7 rings (SSSR count). The predicted octanol–water partition coefficient (Wildman–Crippen LogP) is 4.38. The maximum absolute atomic E-state index is 14.3. The molecule has 0 unspecified atom stereocenters. The lowest BCUT2D eigenvalue weighted by molar-refractivity contribution is 0.0562. The van der Waals surface area contributed by atoms with Gasteiger partial charge in [0.25, 0.3) is 5.91 Å². The number of pyridine rings is 1. The minimum absolute atomic E-state index is 0.0344. The Hall–Kier alpha value is -5.20. The first kappa shape index (κ1) is 26.7. The number of nitrogens with two attached hydrogens (primary N) is 2. The molecular formula is C30H27F2N9O2. The van der Waals surface area contributed by atoms with Crippen molar-refractivity contribution in [3.8, 4) is 22.4 Å². The topological polar surface area (TPSA) is 161 Å². The molecule has 2 saturated heterocycles. The molecule has 3 atom stereocenters. The van der Waals surface area contributed by atoms with Crippen LogP contribution in [0.4, 0.5) is 20.4 Å². The van der Waals surface area contributed by atoms with Gasteiger partial charge in [-0.3, -0.25) is 19.7 Å². The number of ketones is 1. The quantitative estimate of drug-likeness (QED) is 0.257. The standard InChI is InChI=1S/C30H27F2N9O2/c1-14(42)26-27(16-8-18-4-5-19(9-16)40(18)30(43)24-11-25(33)39-38-24)37-29-21(13-36-41(29)28(26)34)15-2-7-23(35-12-15)20-6-3-17(31)10-22(20)32/h2-3,6-7,10-13,16,18-19H,4-5,8-9,34H2,1H3,(H3,33,38,39)/t16-,18+,19-. The van der Waals surface area contributed by atoms with E-state index in [1.807, 2.05) is 4.90 Å². The zero-order valence-electron chi connectivity index (χ0n) is 23.1. The number of nitrogens with zero attached hydrogens (tertiary/aromatic N) is 6. The van der Waals surface area contributed by atoms with Crippen molar-refractivity contribution in [2.24, 2.45) is 0 Å². The van der Waals surface area contributed by atoms with Crippen molar-refractivity contribution < 1.29 is 18.4 Å². The van der Waals surface area contributed by atoms with Crippen LogP contribution in [-0.4, -0.2) is 58.5 Å². The van der Waals surface area contributed by atoms with E-state index in [-0.39, 0.29) is 46.9 Å². The van der Waals surface area contributed by atoms with Gasteiger partial charge in [0.15, 0.2) is 11.4 Å². The zero-order chi connectivity index (χ0) is 30.0. The fourth-order valence-electron chi connectivity index (χ4n) is 6.62. The van der Waals surface area contributed by atoms with Crippen LogP contribution in [-0.2, 0) is 0 Å². The monoisotopic (exact) mass is 583 g/mol. The van der Waals surface area contributed by atoms with Crippen LogP contribution in [0, 0.1) is 11.6 Å². The van der Waals surface area contributed by atoms with E-state index >= 15 is 0 Å². The highest BCUT2D eigenvalue weighted by Crippen LogP contribution is 2.45. The Bertz CT molecular complexity index is 1900. The van der Waals surface area contributed by atoms with E-state index in [0.717, 1.165) is 18.9 Å². The number of rotatable bonds is 5. The average molecular weight is 584 g/mol. The summed E-state index contributed by atoms with van der Waals surface area (Å²) in [6.07, 6.45) is 6.10. The van der Waals surface area contributed by atoms with Crippen molar-refractivity contribution in [2.45, 2.75) is 50.6 Å². The fraction of sp³-hybridized carbons (Fsp3) is 0.267. The SMILES string of the molecule is CC(=O)c1c([C@H]2C[C@H]3CC[C@@H](C2)N3C(=O)c2cc(N)n[nH]2)nc2c(-c3ccc(-c4ccc(F)cc4F)nc3)cnn2c1N. The van der Waals surface area contributed by atoms with Crippen LogP contribution < -0.4 is 11.5 Å². The van der Waals surface area contributed by atoms with Crippen LogP contribution in [0.25, 0.3) is 28.0 Å². The van der Waals surface area contributed by atoms with Gasteiger partial charge in [-0.2, -0.15) is 14.7 Å². The molecule has 0 spiro atoms. The zero-order valence-corrected chi connectivity index (χ0v) is 23.1. The van der Waals surface area contributed by atoms with Crippen molar-refractivity contribution in [3.63, 3.8) is 0 Å². The average Bonchev–Trinajstić information content (AvgIpc) is 3.68. The first-order valence-electron chi connectivity index (χ1n) is 13.9. The molecule has 1 aromatic carbocycles. The molecule has 5 aromatic rings. The second kappa shape index (κ2) is 9.96. The number of benzene rings is 1. The summed E-state index contributed by atoms with van der Waals surface area (Å²) in [5.41, 5.74) is 15.8. The lowest BCUT2D eigenvalue weighted by Crippen LogP contribution is -2.46. The number of Topliss-reactive ketones (excluding diaryl/α,β-unsaturated/α-hetero) is 1. The van der Waals surface area contributed by atoms with Crippen LogP contribution in [0.15, 0.2) is 48.8 Å². The van der Waals surface area contributed by atoms with E-state index in [0.29, 0.717) is 52.3 Å². The molecule has 5 N–H and O–H groups in total. The van der Waals surface area contributed by atoms with Gasteiger partial charge in [-0.1, -0.05) is 6.07 Å². The molecule has 0 saturated carbocycles. The summed E-state index contributed by atoms with van der Waals surface area (Å²) in [5.74, 6) is -1.39. The molecule has 0 radical (unpaired) electrons. The van der Waals surface area contributed by atoms with Crippen molar-refractivity contribution in [2.75, 3.05) is 11.5 Å². The number of aromatic nitrogens is 6. The summed E-state index contributed by atoms with van der Waals surface area (Å²) in [4.78, 5) is 37.5. The maximum atomic E-state index is 14.3. The number of nitrogens with one attached hydrogen (secondary N) is 1. The molecule has 218 valence electrons. The van der Waals surface area contributed by atoms with E-state index < -0.39 is 11.6 Å². The minimum atomic E-state index is -0.706. The number of carbonyl (C=O) groups excluding carboxylic acids is 2. The Labute approximate surface area is 243 Å². The van der Waals surface area contributed by atoms with E-state index in [4.69, 9.17) is 16.5 Å². The first-order valence-corrected chi connectivity index (χ1v) is 13.9. The molecule has 0 aliphatic carbocycles. The van der Waals surface area contributed by atoms with E-state index in [9.17, 15) is 18.4 Å². The molecular weight excluding hydrogens is 556 g/mol.